The Kier molecular flexibility index (Phi) is 6.13. The van der Waals surface area contributed by atoms with Gasteiger partial charge in [0.15, 0.2) is 17.1 Å². The van der Waals surface area contributed by atoms with Crippen molar-refractivity contribution < 1.29 is 14.3 Å². The van der Waals surface area contributed by atoms with Crippen LogP contribution in [0.1, 0.15) is 23.2 Å². The lowest BCUT2D eigenvalue weighted by Gasteiger charge is -2.19. The first-order chi connectivity index (χ1) is 17.7. The molecule has 0 unspecified atom stereocenters. The van der Waals surface area contributed by atoms with Gasteiger partial charge in [0, 0.05) is 29.9 Å². The van der Waals surface area contributed by atoms with E-state index in [0.717, 1.165) is 53.7 Å². The summed E-state index contributed by atoms with van der Waals surface area (Å²) in [6.07, 6.45) is 2.51. The lowest BCUT2D eigenvalue weighted by Crippen LogP contribution is -2.33. The normalized spacial score (nSPS) is 15.2. The van der Waals surface area contributed by atoms with Gasteiger partial charge in [-0.2, -0.15) is 4.98 Å². The number of hydrogen-bond donors (Lipinski definition) is 2. The van der Waals surface area contributed by atoms with E-state index in [0.29, 0.717) is 31.3 Å². The largest absolute Gasteiger partial charge is 0.486 e. The molecule has 1 saturated heterocycles. The van der Waals surface area contributed by atoms with Crippen molar-refractivity contribution in [3.05, 3.63) is 66.2 Å². The molecule has 1 amide bonds. The second-order valence-electron chi connectivity index (χ2n) is 8.98. The first-order valence-corrected chi connectivity index (χ1v) is 12.4. The Morgan fingerprint density at radius 3 is 2.58 bits per heavy atom. The summed E-state index contributed by atoms with van der Waals surface area (Å²) in [7, 11) is 0. The Labute approximate surface area is 209 Å². The maximum absolute atomic E-state index is 12.5. The van der Waals surface area contributed by atoms with Crippen molar-refractivity contribution in [2.24, 2.45) is 0 Å². The molecule has 2 aliphatic heterocycles. The highest BCUT2D eigenvalue weighted by atomic mass is 16.6. The smallest absolute Gasteiger partial charge is 0.251 e. The van der Waals surface area contributed by atoms with Crippen molar-refractivity contribution >= 4 is 23.2 Å². The second kappa shape index (κ2) is 9.87. The van der Waals surface area contributed by atoms with Crippen LogP contribution in [-0.2, 0) is 0 Å². The number of rotatable bonds is 7. The van der Waals surface area contributed by atoms with Crippen LogP contribution in [0.5, 0.6) is 11.5 Å². The topological polar surface area (TPSA) is 93.0 Å². The molecule has 2 aromatic carbocycles. The lowest BCUT2D eigenvalue weighted by molar-refractivity contribution is 0.0950. The number of benzene rings is 2. The summed E-state index contributed by atoms with van der Waals surface area (Å²) >= 11 is 0. The average molecular weight is 485 g/mol. The van der Waals surface area contributed by atoms with Crippen LogP contribution < -0.4 is 20.1 Å². The van der Waals surface area contributed by atoms with Gasteiger partial charge in [-0.15, -0.1) is 5.10 Å². The molecule has 2 N–H and O–H groups in total. The standard InChI is InChI=1S/C27H28N6O3/c34-26(28-12-15-32-13-1-2-14-32)19-6-9-21(10-7-19)29-27-30-25-5-3-4-22(33(25)31-27)20-8-11-23-24(18-20)36-17-16-35-23/h3-11,18H,1-2,12-17H2,(H,28,34)(H,29,31). The fraction of sp³-hybridized carbons (Fsp3) is 0.296. The van der Waals surface area contributed by atoms with Crippen LogP contribution in [0.2, 0.25) is 0 Å². The molecular weight excluding hydrogens is 456 g/mol. The number of pyridine rings is 1. The molecule has 2 aliphatic rings. The molecular formula is C27H28N6O3. The summed E-state index contributed by atoms with van der Waals surface area (Å²) in [4.78, 5) is 19.5. The van der Waals surface area contributed by atoms with Crippen molar-refractivity contribution in [2.75, 3.05) is 44.7 Å². The number of carbonyl (C=O) groups excluding carboxylic acids is 1. The summed E-state index contributed by atoms with van der Waals surface area (Å²) in [6, 6.07) is 19.1. The first-order valence-electron chi connectivity index (χ1n) is 12.4. The van der Waals surface area contributed by atoms with Crippen molar-refractivity contribution in [1.82, 2.24) is 24.8 Å². The number of ether oxygens (including phenoxy) is 2. The maximum Gasteiger partial charge on any atom is 0.251 e. The molecule has 4 heterocycles. The van der Waals surface area contributed by atoms with Gasteiger partial charge in [-0.3, -0.25) is 4.79 Å². The van der Waals surface area contributed by atoms with Gasteiger partial charge >= 0.3 is 0 Å². The molecule has 0 saturated carbocycles. The molecule has 0 atom stereocenters. The highest BCUT2D eigenvalue weighted by Gasteiger charge is 2.16. The van der Waals surface area contributed by atoms with Crippen molar-refractivity contribution in [1.29, 1.82) is 0 Å². The van der Waals surface area contributed by atoms with E-state index in [4.69, 9.17) is 9.47 Å². The summed E-state index contributed by atoms with van der Waals surface area (Å²) in [6.45, 7) is 4.92. The van der Waals surface area contributed by atoms with Crippen molar-refractivity contribution in [3.63, 3.8) is 0 Å². The molecule has 1 fully saturated rings. The van der Waals surface area contributed by atoms with Crippen molar-refractivity contribution in [3.8, 4) is 22.8 Å². The molecule has 6 rings (SSSR count). The average Bonchev–Trinajstić information content (AvgIpc) is 3.58. The minimum absolute atomic E-state index is 0.0596. The third-order valence-corrected chi connectivity index (χ3v) is 6.51. The van der Waals surface area contributed by atoms with E-state index in [1.807, 2.05) is 60.7 Å². The number of likely N-dealkylation sites (tertiary alicyclic amines) is 1. The Morgan fingerprint density at radius 1 is 0.944 bits per heavy atom. The molecule has 0 spiro atoms. The molecule has 9 nitrogen and oxygen atoms in total. The summed E-state index contributed by atoms with van der Waals surface area (Å²) < 4.78 is 13.2. The van der Waals surface area contributed by atoms with E-state index < -0.39 is 0 Å². The van der Waals surface area contributed by atoms with E-state index in [1.54, 1.807) is 4.52 Å². The highest BCUT2D eigenvalue weighted by molar-refractivity contribution is 5.94. The van der Waals surface area contributed by atoms with Crippen LogP contribution in [0.25, 0.3) is 16.9 Å². The van der Waals surface area contributed by atoms with Crippen LogP contribution in [0.15, 0.2) is 60.7 Å². The molecule has 0 radical (unpaired) electrons. The Bertz CT molecular complexity index is 1380. The van der Waals surface area contributed by atoms with E-state index in [9.17, 15) is 4.79 Å². The molecule has 9 heteroatoms. The molecule has 4 aromatic rings. The zero-order chi connectivity index (χ0) is 24.3. The van der Waals surface area contributed by atoms with Crippen molar-refractivity contribution in [2.45, 2.75) is 12.8 Å². The predicted octanol–water partition coefficient (Wildman–Crippen LogP) is 3.74. The zero-order valence-electron chi connectivity index (χ0n) is 19.9. The lowest BCUT2D eigenvalue weighted by atomic mass is 10.1. The minimum Gasteiger partial charge on any atom is -0.486 e. The number of nitrogens with one attached hydrogen (secondary N) is 2. The Balaban J connectivity index is 1.14. The van der Waals surface area contributed by atoms with E-state index >= 15 is 0 Å². The quantitative estimate of drug-likeness (QED) is 0.413. The summed E-state index contributed by atoms with van der Waals surface area (Å²) in [5.41, 5.74) is 4.01. The van der Waals surface area contributed by atoms with Gasteiger partial charge in [0.25, 0.3) is 5.91 Å². The van der Waals surface area contributed by atoms with Crippen LogP contribution in [0.4, 0.5) is 11.6 Å². The maximum atomic E-state index is 12.5. The Hall–Kier alpha value is -4.11. The second-order valence-corrected chi connectivity index (χ2v) is 8.98. The molecule has 0 bridgehead atoms. The number of fused-ring (bicyclic) bond motifs is 2. The number of carbonyl (C=O) groups is 1. The van der Waals surface area contributed by atoms with Gasteiger partial charge < -0.3 is 25.0 Å². The number of anilines is 2. The van der Waals surface area contributed by atoms with Gasteiger partial charge in [-0.25, -0.2) is 4.52 Å². The van der Waals surface area contributed by atoms with Crippen LogP contribution in [0.3, 0.4) is 0 Å². The fourth-order valence-corrected chi connectivity index (χ4v) is 4.65. The van der Waals surface area contributed by atoms with Gasteiger partial charge in [-0.1, -0.05) is 6.07 Å². The first kappa shape index (κ1) is 22.4. The van der Waals surface area contributed by atoms with E-state index in [-0.39, 0.29) is 5.91 Å². The van der Waals surface area contributed by atoms with Gasteiger partial charge in [-0.05, 0) is 80.5 Å². The van der Waals surface area contributed by atoms with E-state index in [1.165, 1.54) is 12.8 Å². The number of nitrogens with zero attached hydrogens (tertiary/aromatic N) is 4. The summed E-state index contributed by atoms with van der Waals surface area (Å²) in [5, 5.41) is 10.9. The number of aromatic nitrogens is 3. The van der Waals surface area contributed by atoms with Gasteiger partial charge in [0.2, 0.25) is 5.95 Å². The summed E-state index contributed by atoms with van der Waals surface area (Å²) in [5.74, 6) is 1.90. The molecule has 36 heavy (non-hydrogen) atoms. The third-order valence-electron chi connectivity index (χ3n) is 6.51. The van der Waals surface area contributed by atoms with Crippen LogP contribution in [-0.4, -0.2) is 64.8 Å². The number of amides is 1. The van der Waals surface area contributed by atoms with Gasteiger partial charge in [0.05, 0.1) is 5.69 Å². The highest BCUT2D eigenvalue weighted by Crippen LogP contribution is 2.34. The van der Waals surface area contributed by atoms with Gasteiger partial charge in [0.1, 0.15) is 13.2 Å². The molecule has 184 valence electrons. The minimum atomic E-state index is -0.0596. The SMILES string of the molecule is O=C(NCCN1CCCC1)c1ccc(Nc2nc3cccc(-c4ccc5c(c4)OCCO5)n3n2)cc1. The zero-order valence-corrected chi connectivity index (χ0v) is 19.9. The predicted molar refractivity (Wildman–Crippen MR) is 137 cm³/mol. The Morgan fingerprint density at radius 2 is 1.75 bits per heavy atom. The number of hydrogen-bond acceptors (Lipinski definition) is 7. The van der Waals surface area contributed by atoms with E-state index in [2.05, 4.69) is 25.6 Å². The fourth-order valence-electron chi connectivity index (χ4n) is 4.65. The third kappa shape index (κ3) is 4.70. The molecule has 0 aliphatic carbocycles. The molecule has 2 aromatic heterocycles. The van der Waals surface area contributed by atoms with Crippen LogP contribution >= 0.6 is 0 Å². The van der Waals surface area contributed by atoms with Crippen LogP contribution in [0, 0.1) is 0 Å². The monoisotopic (exact) mass is 484 g/mol.